The molecule has 8 nitrogen and oxygen atoms in total. The van der Waals surface area contributed by atoms with Gasteiger partial charge in [0.2, 0.25) is 11.9 Å². The zero-order valence-corrected chi connectivity index (χ0v) is 14.1. The van der Waals surface area contributed by atoms with Gasteiger partial charge in [0.15, 0.2) is 0 Å². The van der Waals surface area contributed by atoms with Crippen LogP contribution in [0.4, 0.5) is 11.9 Å². The van der Waals surface area contributed by atoms with Crippen LogP contribution < -0.4 is 11.5 Å². The van der Waals surface area contributed by atoms with Gasteiger partial charge in [0, 0.05) is 19.6 Å². The van der Waals surface area contributed by atoms with Crippen LogP contribution in [-0.2, 0) is 13.1 Å². The smallest absolute Gasteiger partial charge is 0.225 e. The van der Waals surface area contributed by atoms with Crippen molar-refractivity contribution in [1.82, 2.24) is 24.8 Å². The van der Waals surface area contributed by atoms with E-state index in [2.05, 4.69) is 30.8 Å². The lowest BCUT2D eigenvalue weighted by atomic mass is 10.1. The summed E-state index contributed by atoms with van der Waals surface area (Å²) in [5, 5.41) is 8.88. The fourth-order valence-corrected chi connectivity index (χ4v) is 3.01. The summed E-state index contributed by atoms with van der Waals surface area (Å²) < 4.78 is 0. The second-order valence-electron chi connectivity index (χ2n) is 6.18. The molecule has 3 rings (SSSR count). The van der Waals surface area contributed by atoms with E-state index in [1.54, 1.807) is 0 Å². The first-order chi connectivity index (χ1) is 12.1. The summed E-state index contributed by atoms with van der Waals surface area (Å²) in [6.07, 6.45) is 1.08. The van der Waals surface area contributed by atoms with E-state index in [9.17, 15) is 0 Å². The van der Waals surface area contributed by atoms with Crippen molar-refractivity contribution >= 4 is 11.9 Å². The minimum atomic E-state index is 0.166. The molecule has 0 saturated carbocycles. The molecule has 4 N–H and O–H groups in total. The number of anilines is 2. The molecule has 1 aliphatic heterocycles. The van der Waals surface area contributed by atoms with Crippen LogP contribution in [0.25, 0.3) is 0 Å². The Kier molecular flexibility index (Phi) is 5.38. The van der Waals surface area contributed by atoms with Gasteiger partial charge in [-0.2, -0.15) is 20.2 Å². The lowest BCUT2D eigenvalue weighted by Gasteiger charge is -2.21. The molecule has 0 aliphatic carbocycles. The Morgan fingerprint density at radius 1 is 0.880 bits per heavy atom. The molecule has 1 saturated heterocycles. The van der Waals surface area contributed by atoms with E-state index in [1.807, 2.05) is 24.3 Å². The topological polar surface area (TPSA) is 121 Å². The fraction of sp³-hybridized carbons (Fsp3) is 0.412. The molecule has 25 heavy (non-hydrogen) atoms. The maximum atomic E-state index is 8.88. The van der Waals surface area contributed by atoms with Gasteiger partial charge in [0.25, 0.3) is 0 Å². The molecule has 0 atom stereocenters. The molecule has 1 aromatic heterocycles. The van der Waals surface area contributed by atoms with Crippen LogP contribution >= 0.6 is 0 Å². The zero-order chi connectivity index (χ0) is 17.6. The van der Waals surface area contributed by atoms with Gasteiger partial charge in [-0.3, -0.25) is 9.80 Å². The van der Waals surface area contributed by atoms with E-state index in [4.69, 9.17) is 16.7 Å². The maximum Gasteiger partial charge on any atom is 0.225 e. The highest BCUT2D eigenvalue weighted by Gasteiger charge is 2.16. The number of rotatable bonds is 4. The molecule has 0 unspecified atom stereocenters. The predicted octanol–water partition coefficient (Wildman–Crippen LogP) is 0.616. The molecule has 0 radical (unpaired) electrons. The van der Waals surface area contributed by atoms with Gasteiger partial charge in [0.05, 0.1) is 18.2 Å². The molecule has 1 aromatic carbocycles. The lowest BCUT2D eigenvalue weighted by Crippen LogP contribution is -2.31. The van der Waals surface area contributed by atoms with E-state index >= 15 is 0 Å². The first-order valence-electron chi connectivity index (χ1n) is 8.32. The van der Waals surface area contributed by atoms with Gasteiger partial charge in [-0.25, -0.2) is 0 Å². The standard InChI is InChI=1S/C17H22N8/c18-10-13-2-4-14(5-3-13)11-24-6-1-7-25(9-8-24)12-15-21-16(19)23-17(20)22-15/h2-5H,1,6-9,11-12H2,(H4,19,20,21,22,23). The van der Waals surface area contributed by atoms with Gasteiger partial charge < -0.3 is 11.5 Å². The van der Waals surface area contributed by atoms with Crippen molar-refractivity contribution in [3.63, 3.8) is 0 Å². The van der Waals surface area contributed by atoms with Crippen LogP contribution in [0.1, 0.15) is 23.4 Å². The molecule has 2 aromatic rings. The summed E-state index contributed by atoms with van der Waals surface area (Å²) in [6, 6.07) is 9.94. The molecular weight excluding hydrogens is 316 g/mol. The van der Waals surface area contributed by atoms with Crippen LogP contribution in [0.2, 0.25) is 0 Å². The number of hydrogen-bond donors (Lipinski definition) is 2. The number of aromatic nitrogens is 3. The Bertz CT molecular complexity index is 732. The average Bonchev–Trinajstić information content (AvgIpc) is 2.80. The van der Waals surface area contributed by atoms with Crippen molar-refractivity contribution in [3.05, 3.63) is 41.2 Å². The minimum absolute atomic E-state index is 0.166. The van der Waals surface area contributed by atoms with E-state index in [-0.39, 0.29) is 11.9 Å². The lowest BCUT2D eigenvalue weighted by molar-refractivity contribution is 0.243. The largest absolute Gasteiger partial charge is 0.368 e. The Hall–Kier alpha value is -2.76. The van der Waals surface area contributed by atoms with Crippen molar-refractivity contribution in [1.29, 1.82) is 5.26 Å². The van der Waals surface area contributed by atoms with Gasteiger partial charge in [-0.1, -0.05) is 12.1 Å². The Balaban J connectivity index is 1.55. The normalized spacial score (nSPS) is 16.3. The number of benzene rings is 1. The molecule has 0 bridgehead atoms. The van der Waals surface area contributed by atoms with Crippen molar-refractivity contribution in [2.45, 2.75) is 19.5 Å². The molecule has 1 aliphatic rings. The van der Waals surface area contributed by atoms with Gasteiger partial charge in [0.1, 0.15) is 5.82 Å². The molecular formula is C17H22N8. The Morgan fingerprint density at radius 3 is 2.08 bits per heavy atom. The van der Waals surface area contributed by atoms with Gasteiger partial charge >= 0.3 is 0 Å². The second kappa shape index (κ2) is 7.88. The molecule has 130 valence electrons. The molecule has 1 fully saturated rings. The second-order valence-corrected chi connectivity index (χ2v) is 6.18. The van der Waals surface area contributed by atoms with Crippen molar-refractivity contribution in [2.75, 3.05) is 37.6 Å². The first-order valence-corrected chi connectivity index (χ1v) is 8.32. The number of nitriles is 1. The highest BCUT2D eigenvalue weighted by Crippen LogP contribution is 2.12. The third-order valence-electron chi connectivity index (χ3n) is 4.25. The van der Waals surface area contributed by atoms with Crippen LogP contribution in [0.5, 0.6) is 0 Å². The SMILES string of the molecule is N#Cc1ccc(CN2CCCN(Cc3nc(N)nc(N)n3)CC2)cc1. The van der Waals surface area contributed by atoms with E-state index < -0.39 is 0 Å². The van der Waals surface area contributed by atoms with Gasteiger partial charge in [-0.15, -0.1) is 0 Å². The number of nitrogens with zero attached hydrogens (tertiary/aromatic N) is 6. The summed E-state index contributed by atoms with van der Waals surface area (Å²) in [6.45, 7) is 5.44. The highest BCUT2D eigenvalue weighted by molar-refractivity contribution is 5.31. The molecule has 0 amide bonds. The van der Waals surface area contributed by atoms with Gasteiger partial charge in [-0.05, 0) is 37.2 Å². The quantitative estimate of drug-likeness (QED) is 0.832. The van der Waals surface area contributed by atoms with Crippen LogP contribution in [0, 0.1) is 11.3 Å². The monoisotopic (exact) mass is 338 g/mol. The summed E-state index contributed by atoms with van der Waals surface area (Å²) in [4.78, 5) is 16.9. The Morgan fingerprint density at radius 2 is 1.48 bits per heavy atom. The average molecular weight is 338 g/mol. The van der Waals surface area contributed by atoms with E-state index in [1.165, 1.54) is 5.56 Å². The molecule has 2 heterocycles. The van der Waals surface area contributed by atoms with E-state index in [0.717, 1.165) is 39.1 Å². The number of nitrogen functional groups attached to an aromatic ring is 2. The fourth-order valence-electron chi connectivity index (χ4n) is 3.01. The first kappa shape index (κ1) is 17.1. The van der Waals surface area contributed by atoms with Crippen molar-refractivity contribution in [2.24, 2.45) is 0 Å². The summed E-state index contributed by atoms with van der Waals surface area (Å²) in [5.74, 6) is 0.949. The highest BCUT2D eigenvalue weighted by atomic mass is 15.2. The molecule has 8 heteroatoms. The number of nitrogens with two attached hydrogens (primary N) is 2. The minimum Gasteiger partial charge on any atom is -0.368 e. The third kappa shape index (κ3) is 4.86. The third-order valence-corrected chi connectivity index (χ3v) is 4.25. The summed E-state index contributed by atoms with van der Waals surface area (Å²) in [5.41, 5.74) is 13.2. The van der Waals surface area contributed by atoms with E-state index in [0.29, 0.717) is 17.9 Å². The summed E-state index contributed by atoms with van der Waals surface area (Å²) in [7, 11) is 0. The zero-order valence-electron chi connectivity index (χ0n) is 14.1. The predicted molar refractivity (Wildman–Crippen MR) is 95.0 cm³/mol. The van der Waals surface area contributed by atoms with Crippen LogP contribution in [0.15, 0.2) is 24.3 Å². The van der Waals surface area contributed by atoms with Crippen molar-refractivity contribution < 1.29 is 0 Å². The molecule has 0 spiro atoms. The number of hydrogen-bond acceptors (Lipinski definition) is 8. The maximum absolute atomic E-state index is 8.88. The Labute approximate surface area is 147 Å². The van der Waals surface area contributed by atoms with Crippen LogP contribution in [-0.4, -0.2) is 50.9 Å². The van der Waals surface area contributed by atoms with Crippen LogP contribution in [0.3, 0.4) is 0 Å². The summed E-state index contributed by atoms with van der Waals surface area (Å²) >= 11 is 0. The van der Waals surface area contributed by atoms with Crippen molar-refractivity contribution in [3.8, 4) is 6.07 Å².